The molecule has 0 aliphatic heterocycles. The largest absolute Gasteiger partial charge is 0.270 e. The van der Waals surface area contributed by atoms with Crippen molar-refractivity contribution in [3.8, 4) is 0 Å². The summed E-state index contributed by atoms with van der Waals surface area (Å²) in [6.07, 6.45) is 3.56. The summed E-state index contributed by atoms with van der Waals surface area (Å²) in [6, 6.07) is 9.32. The number of carbonyl (C=O) groups is 1. The maximum atomic E-state index is 11.9. The summed E-state index contributed by atoms with van der Waals surface area (Å²) in [5.74, 6) is -0.124. The van der Waals surface area contributed by atoms with Gasteiger partial charge in [0, 0.05) is 22.4 Å². The smallest absolute Gasteiger partial charge is 0.268 e. The number of carbonyl (C=O) groups excluding carboxylic acids is 1. The minimum absolute atomic E-state index is 0.124. The van der Waals surface area contributed by atoms with Crippen molar-refractivity contribution in [1.82, 2.24) is 4.68 Å². The Balaban J connectivity index is 2.21. The van der Waals surface area contributed by atoms with E-state index in [0.29, 0.717) is 5.56 Å². The lowest BCUT2D eigenvalue weighted by Crippen LogP contribution is -2.21. The second-order valence-electron chi connectivity index (χ2n) is 3.55. The highest BCUT2D eigenvalue weighted by Crippen LogP contribution is 2.15. The van der Waals surface area contributed by atoms with Crippen molar-refractivity contribution >= 4 is 21.8 Å². The van der Waals surface area contributed by atoms with Crippen LogP contribution in [0.1, 0.15) is 15.9 Å². The third kappa shape index (κ3) is 2.52. The summed E-state index contributed by atoms with van der Waals surface area (Å²) in [5.41, 5.74) is 4.44. The Hall–Kier alpha value is -1.55. The summed E-state index contributed by atoms with van der Waals surface area (Å²) in [6.45, 7) is 1.96. The Morgan fingerprint density at radius 3 is 2.56 bits per heavy atom. The third-order valence-electron chi connectivity index (χ3n) is 2.14. The summed E-state index contributed by atoms with van der Waals surface area (Å²) < 4.78 is 2.53. The minimum atomic E-state index is -0.124. The molecule has 0 radical (unpaired) electrons. The Morgan fingerprint density at radius 1 is 1.25 bits per heavy atom. The SMILES string of the molecule is Cc1cc(Br)cc(C(=O)Nn2cccc2)c1. The van der Waals surface area contributed by atoms with Crippen LogP contribution >= 0.6 is 15.9 Å². The van der Waals surface area contributed by atoms with Crippen molar-refractivity contribution in [3.63, 3.8) is 0 Å². The topological polar surface area (TPSA) is 34.0 Å². The van der Waals surface area contributed by atoms with E-state index in [4.69, 9.17) is 0 Å². The average molecular weight is 279 g/mol. The van der Waals surface area contributed by atoms with Gasteiger partial charge in [-0.05, 0) is 42.8 Å². The molecule has 4 heteroatoms. The maximum Gasteiger partial charge on any atom is 0.270 e. The second-order valence-corrected chi connectivity index (χ2v) is 4.46. The quantitative estimate of drug-likeness (QED) is 0.901. The first-order valence-corrected chi connectivity index (χ1v) is 5.66. The predicted octanol–water partition coefficient (Wildman–Crippen LogP) is 2.94. The fourth-order valence-corrected chi connectivity index (χ4v) is 2.07. The van der Waals surface area contributed by atoms with Crippen molar-refractivity contribution in [3.05, 3.63) is 58.3 Å². The molecule has 0 bridgehead atoms. The molecule has 82 valence electrons. The number of hydrogen-bond acceptors (Lipinski definition) is 1. The molecule has 1 N–H and O–H groups in total. The van der Waals surface area contributed by atoms with Crippen LogP contribution in [0, 0.1) is 6.92 Å². The van der Waals surface area contributed by atoms with Crippen LogP contribution in [0.25, 0.3) is 0 Å². The number of amides is 1. The van der Waals surface area contributed by atoms with Gasteiger partial charge in [0.2, 0.25) is 0 Å². The van der Waals surface area contributed by atoms with Gasteiger partial charge in [0.1, 0.15) is 0 Å². The molecule has 0 aliphatic carbocycles. The van der Waals surface area contributed by atoms with E-state index < -0.39 is 0 Å². The normalized spacial score (nSPS) is 10.1. The van der Waals surface area contributed by atoms with Crippen LogP contribution in [0.2, 0.25) is 0 Å². The number of benzene rings is 1. The van der Waals surface area contributed by atoms with E-state index in [0.717, 1.165) is 10.0 Å². The first-order chi connectivity index (χ1) is 7.65. The predicted molar refractivity (Wildman–Crippen MR) is 67.0 cm³/mol. The molecule has 1 heterocycles. The molecule has 0 saturated heterocycles. The zero-order chi connectivity index (χ0) is 11.5. The van der Waals surface area contributed by atoms with Gasteiger partial charge in [0.15, 0.2) is 0 Å². The molecule has 1 amide bonds. The highest BCUT2D eigenvalue weighted by Gasteiger charge is 2.06. The summed E-state index contributed by atoms with van der Waals surface area (Å²) in [5, 5.41) is 0. The van der Waals surface area contributed by atoms with Gasteiger partial charge in [-0.15, -0.1) is 0 Å². The molecule has 3 nitrogen and oxygen atoms in total. The summed E-state index contributed by atoms with van der Waals surface area (Å²) in [4.78, 5) is 11.9. The lowest BCUT2D eigenvalue weighted by atomic mass is 10.1. The molecule has 1 aromatic heterocycles. The van der Waals surface area contributed by atoms with Gasteiger partial charge in [-0.25, -0.2) is 0 Å². The molecule has 0 unspecified atom stereocenters. The molecule has 0 aliphatic rings. The van der Waals surface area contributed by atoms with Gasteiger partial charge in [-0.2, -0.15) is 0 Å². The second kappa shape index (κ2) is 4.53. The highest BCUT2D eigenvalue weighted by molar-refractivity contribution is 9.10. The fraction of sp³-hybridized carbons (Fsp3) is 0.0833. The van der Waals surface area contributed by atoms with Crippen molar-refractivity contribution in [2.45, 2.75) is 6.92 Å². The molecule has 0 fully saturated rings. The highest BCUT2D eigenvalue weighted by atomic mass is 79.9. The van der Waals surface area contributed by atoms with E-state index >= 15 is 0 Å². The number of nitrogens with one attached hydrogen (secondary N) is 1. The molecular weight excluding hydrogens is 268 g/mol. The van der Waals surface area contributed by atoms with E-state index in [9.17, 15) is 4.79 Å². The van der Waals surface area contributed by atoms with E-state index in [1.54, 1.807) is 23.1 Å². The maximum absolute atomic E-state index is 11.9. The Kier molecular flexibility index (Phi) is 3.10. The molecule has 0 saturated carbocycles. The van der Waals surface area contributed by atoms with Gasteiger partial charge in [-0.3, -0.25) is 14.9 Å². The number of aromatic nitrogens is 1. The van der Waals surface area contributed by atoms with Gasteiger partial charge < -0.3 is 0 Å². The lowest BCUT2D eigenvalue weighted by molar-refractivity contribution is 0.101. The van der Waals surface area contributed by atoms with Crippen LogP contribution in [0.15, 0.2) is 47.2 Å². The summed E-state index contributed by atoms with van der Waals surface area (Å²) >= 11 is 3.37. The Labute approximate surface area is 102 Å². The molecule has 2 aromatic rings. The zero-order valence-electron chi connectivity index (χ0n) is 8.77. The number of aryl methyl sites for hydroxylation is 1. The van der Waals surface area contributed by atoms with E-state index in [1.807, 2.05) is 31.2 Å². The molecule has 0 spiro atoms. The van der Waals surface area contributed by atoms with Crippen molar-refractivity contribution in [2.24, 2.45) is 0 Å². The van der Waals surface area contributed by atoms with Gasteiger partial charge in [0.25, 0.3) is 5.91 Å². The van der Waals surface area contributed by atoms with Gasteiger partial charge >= 0.3 is 0 Å². The molecule has 1 aromatic carbocycles. The van der Waals surface area contributed by atoms with E-state index in [-0.39, 0.29) is 5.91 Å². The van der Waals surface area contributed by atoms with E-state index in [1.165, 1.54) is 0 Å². The van der Waals surface area contributed by atoms with Gasteiger partial charge in [0.05, 0.1) is 0 Å². The van der Waals surface area contributed by atoms with Gasteiger partial charge in [-0.1, -0.05) is 15.9 Å². The molecule has 2 rings (SSSR count). The first-order valence-electron chi connectivity index (χ1n) is 4.87. The van der Waals surface area contributed by atoms with Crippen LogP contribution in [0.5, 0.6) is 0 Å². The molecular formula is C12H11BrN2O. The zero-order valence-corrected chi connectivity index (χ0v) is 10.4. The third-order valence-corrected chi connectivity index (χ3v) is 2.60. The minimum Gasteiger partial charge on any atom is -0.268 e. The van der Waals surface area contributed by atoms with Crippen LogP contribution in [0.3, 0.4) is 0 Å². The first kappa shape index (κ1) is 11.0. The molecule has 16 heavy (non-hydrogen) atoms. The number of nitrogens with zero attached hydrogens (tertiary/aromatic N) is 1. The van der Waals surface area contributed by atoms with Crippen molar-refractivity contribution in [1.29, 1.82) is 0 Å². The van der Waals surface area contributed by atoms with Crippen LogP contribution in [-0.4, -0.2) is 10.6 Å². The Bertz CT molecular complexity index is 485. The average Bonchev–Trinajstić information content (AvgIpc) is 2.68. The fourth-order valence-electron chi connectivity index (χ4n) is 1.46. The van der Waals surface area contributed by atoms with Crippen LogP contribution in [0.4, 0.5) is 0 Å². The van der Waals surface area contributed by atoms with Crippen molar-refractivity contribution in [2.75, 3.05) is 5.43 Å². The summed E-state index contributed by atoms with van der Waals surface area (Å²) in [7, 11) is 0. The molecule has 0 atom stereocenters. The standard InChI is InChI=1S/C12H11BrN2O/c1-9-6-10(8-11(13)7-9)12(16)14-15-4-2-3-5-15/h2-8H,1H3,(H,14,16). The van der Waals surface area contributed by atoms with E-state index in [2.05, 4.69) is 21.4 Å². The monoisotopic (exact) mass is 278 g/mol. The number of rotatable bonds is 2. The van der Waals surface area contributed by atoms with Crippen molar-refractivity contribution < 1.29 is 4.79 Å². The van der Waals surface area contributed by atoms with Crippen LogP contribution < -0.4 is 5.43 Å². The van der Waals surface area contributed by atoms with Crippen LogP contribution in [-0.2, 0) is 0 Å². The number of hydrogen-bond donors (Lipinski definition) is 1. The lowest BCUT2D eigenvalue weighted by Gasteiger charge is -2.07. The number of halogens is 1. The Morgan fingerprint density at radius 2 is 1.94 bits per heavy atom.